The van der Waals surface area contributed by atoms with E-state index in [1.54, 1.807) is 0 Å². The van der Waals surface area contributed by atoms with E-state index in [2.05, 4.69) is 5.16 Å². The number of carbonyl (C=O) groups is 1. The first kappa shape index (κ1) is 14.0. The summed E-state index contributed by atoms with van der Waals surface area (Å²) in [7, 11) is -3.36. The molecule has 17 heavy (non-hydrogen) atoms. The predicted molar refractivity (Wildman–Crippen MR) is 63.9 cm³/mol. The Kier molecular flexibility index (Phi) is 4.13. The van der Waals surface area contributed by atoms with E-state index in [1.807, 2.05) is 6.92 Å². The largest absolute Gasteiger partial charge is 0.411 e. The molecule has 0 aromatic carbocycles. The van der Waals surface area contributed by atoms with Gasteiger partial charge in [0, 0.05) is 31.7 Å². The second-order valence-corrected chi connectivity index (χ2v) is 6.86. The van der Waals surface area contributed by atoms with E-state index >= 15 is 0 Å². The number of likely N-dealkylation sites (tertiary alicyclic amines) is 1. The minimum Gasteiger partial charge on any atom is -0.411 e. The van der Waals surface area contributed by atoms with E-state index in [0.717, 1.165) is 6.26 Å². The summed E-state index contributed by atoms with van der Waals surface area (Å²) in [6.45, 7) is 4.05. The number of carbonyl (C=O) groups excluding carboxylic acids is 1. The highest BCUT2D eigenvalue weighted by Gasteiger charge is 2.32. The Bertz CT molecular complexity index is 430. The van der Waals surface area contributed by atoms with Gasteiger partial charge in [0.05, 0.1) is 5.71 Å². The zero-order chi connectivity index (χ0) is 13.2. The molecule has 0 aliphatic carbocycles. The third kappa shape index (κ3) is 3.18. The van der Waals surface area contributed by atoms with Gasteiger partial charge >= 0.3 is 0 Å². The molecule has 0 spiro atoms. The fourth-order valence-electron chi connectivity index (χ4n) is 1.81. The molecule has 1 aliphatic heterocycles. The maximum absolute atomic E-state index is 11.9. The first-order chi connectivity index (χ1) is 7.77. The van der Waals surface area contributed by atoms with Crippen molar-refractivity contribution in [2.45, 2.75) is 25.5 Å². The first-order valence-electron chi connectivity index (χ1n) is 5.45. The van der Waals surface area contributed by atoms with Crippen molar-refractivity contribution in [3.05, 3.63) is 0 Å². The molecule has 1 fully saturated rings. The summed E-state index contributed by atoms with van der Waals surface area (Å²) in [5.41, 5.74) is 0.654. The SMILES string of the molecule is CC1CN(C(=O)C(C)S(C)(=O)=O)CCC1=NO. The lowest BCUT2D eigenvalue weighted by molar-refractivity contribution is -0.131. The van der Waals surface area contributed by atoms with E-state index in [1.165, 1.54) is 11.8 Å². The van der Waals surface area contributed by atoms with Crippen molar-refractivity contribution in [3.8, 4) is 0 Å². The van der Waals surface area contributed by atoms with Gasteiger partial charge in [-0.25, -0.2) is 8.42 Å². The third-order valence-electron chi connectivity index (χ3n) is 3.13. The topological polar surface area (TPSA) is 87.0 Å². The highest BCUT2D eigenvalue weighted by molar-refractivity contribution is 7.92. The van der Waals surface area contributed by atoms with Crippen molar-refractivity contribution in [2.75, 3.05) is 19.3 Å². The van der Waals surface area contributed by atoms with Gasteiger partial charge in [0.25, 0.3) is 0 Å². The first-order valence-corrected chi connectivity index (χ1v) is 7.41. The minimum absolute atomic E-state index is 0.0375. The molecular weight excluding hydrogens is 244 g/mol. The summed E-state index contributed by atoms with van der Waals surface area (Å²) in [6.07, 6.45) is 1.55. The van der Waals surface area contributed by atoms with Crippen LogP contribution in [0, 0.1) is 5.92 Å². The Morgan fingerprint density at radius 1 is 1.59 bits per heavy atom. The van der Waals surface area contributed by atoms with Gasteiger partial charge in [0.1, 0.15) is 5.25 Å². The molecule has 2 unspecified atom stereocenters. The van der Waals surface area contributed by atoms with Gasteiger partial charge in [0.2, 0.25) is 5.91 Å². The van der Waals surface area contributed by atoms with Crippen LogP contribution in [-0.4, -0.2) is 54.7 Å². The third-order valence-corrected chi connectivity index (χ3v) is 4.62. The maximum atomic E-state index is 11.9. The molecule has 0 saturated carbocycles. The van der Waals surface area contributed by atoms with Crippen molar-refractivity contribution in [3.63, 3.8) is 0 Å². The molecule has 6 nitrogen and oxygen atoms in total. The number of hydrogen-bond donors (Lipinski definition) is 1. The van der Waals surface area contributed by atoms with Crippen LogP contribution in [0.1, 0.15) is 20.3 Å². The molecule has 1 heterocycles. The van der Waals surface area contributed by atoms with Crippen LogP contribution in [0.4, 0.5) is 0 Å². The van der Waals surface area contributed by atoms with Crippen LogP contribution in [0.15, 0.2) is 5.16 Å². The number of rotatable bonds is 2. The molecule has 98 valence electrons. The molecule has 7 heteroatoms. The molecule has 1 saturated heterocycles. The fraction of sp³-hybridized carbons (Fsp3) is 0.800. The predicted octanol–water partition coefficient (Wildman–Crippen LogP) is 0.118. The Labute approximate surface area is 101 Å². The number of sulfone groups is 1. The summed E-state index contributed by atoms with van der Waals surface area (Å²) < 4.78 is 22.6. The monoisotopic (exact) mass is 262 g/mol. The van der Waals surface area contributed by atoms with E-state index in [-0.39, 0.29) is 11.8 Å². The van der Waals surface area contributed by atoms with Crippen molar-refractivity contribution < 1.29 is 18.4 Å². The van der Waals surface area contributed by atoms with Gasteiger partial charge in [0.15, 0.2) is 9.84 Å². The second-order valence-electron chi connectivity index (χ2n) is 4.50. The standard InChI is InChI=1S/C10H18N2O4S/c1-7-6-12(5-4-9(7)11-14)10(13)8(2)17(3,15)16/h7-8,14H,4-6H2,1-3H3. The number of hydrogen-bond acceptors (Lipinski definition) is 5. The Balaban J connectivity index is 2.74. The van der Waals surface area contributed by atoms with Crippen molar-refractivity contribution >= 4 is 21.5 Å². The van der Waals surface area contributed by atoms with Gasteiger partial charge in [-0.15, -0.1) is 0 Å². The van der Waals surface area contributed by atoms with Crippen LogP contribution in [0.2, 0.25) is 0 Å². The summed E-state index contributed by atoms with van der Waals surface area (Å²) in [4.78, 5) is 13.4. The van der Waals surface area contributed by atoms with Crippen LogP contribution >= 0.6 is 0 Å². The average Bonchev–Trinajstić information content (AvgIpc) is 2.25. The van der Waals surface area contributed by atoms with Crippen molar-refractivity contribution in [1.82, 2.24) is 4.90 Å². The van der Waals surface area contributed by atoms with E-state index in [4.69, 9.17) is 5.21 Å². The summed E-state index contributed by atoms with van der Waals surface area (Å²) in [5, 5.41) is 10.9. The van der Waals surface area contributed by atoms with Crippen LogP contribution in [0.5, 0.6) is 0 Å². The fourth-order valence-corrected chi connectivity index (χ4v) is 2.33. The van der Waals surface area contributed by atoms with Gasteiger partial charge < -0.3 is 10.1 Å². The number of piperidine rings is 1. The number of nitrogens with zero attached hydrogens (tertiary/aromatic N) is 2. The van der Waals surface area contributed by atoms with Gasteiger partial charge in [-0.1, -0.05) is 12.1 Å². The molecule has 1 N–H and O–H groups in total. The zero-order valence-corrected chi connectivity index (χ0v) is 11.1. The van der Waals surface area contributed by atoms with Crippen LogP contribution < -0.4 is 0 Å². The number of oxime groups is 1. The summed E-state index contributed by atoms with van der Waals surface area (Å²) >= 11 is 0. The lowest BCUT2D eigenvalue weighted by Gasteiger charge is -2.32. The van der Waals surface area contributed by atoms with Crippen LogP contribution in [-0.2, 0) is 14.6 Å². The van der Waals surface area contributed by atoms with Crippen LogP contribution in [0.25, 0.3) is 0 Å². The number of amides is 1. The van der Waals surface area contributed by atoms with Gasteiger partial charge in [-0.05, 0) is 6.92 Å². The quantitative estimate of drug-likeness (QED) is 0.565. The molecule has 1 aliphatic rings. The molecule has 0 aromatic rings. The molecule has 2 atom stereocenters. The molecule has 0 radical (unpaired) electrons. The Hall–Kier alpha value is -1.11. The average molecular weight is 262 g/mol. The van der Waals surface area contributed by atoms with Crippen molar-refractivity contribution in [2.24, 2.45) is 11.1 Å². The van der Waals surface area contributed by atoms with Gasteiger partial charge in [-0.3, -0.25) is 4.79 Å². The molecule has 1 rings (SSSR count). The molecular formula is C10H18N2O4S. The minimum atomic E-state index is -3.36. The van der Waals surface area contributed by atoms with E-state index in [9.17, 15) is 13.2 Å². The van der Waals surface area contributed by atoms with Gasteiger partial charge in [-0.2, -0.15) is 0 Å². The molecule has 0 aromatic heterocycles. The van der Waals surface area contributed by atoms with Crippen molar-refractivity contribution in [1.29, 1.82) is 0 Å². The lowest BCUT2D eigenvalue weighted by Crippen LogP contribution is -2.48. The summed E-state index contributed by atoms with van der Waals surface area (Å²) in [5.74, 6) is -0.416. The second kappa shape index (κ2) is 5.03. The zero-order valence-electron chi connectivity index (χ0n) is 10.3. The maximum Gasteiger partial charge on any atom is 0.240 e. The highest BCUT2D eigenvalue weighted by atomic mass is 32.2. The molecule has 0 bridgehead atoms. The van der Waals surface area contributed by atoms with Crippen LogP contribution in [0.3, 0.4) is 0 Å². The molecule has 1 amide bonds. The van der Waals surface area contributed by atoms with E-state index in [0.29, 0.717) is 25.2 Å². The lowest BCUT2D eigenvalue weighted by atomic mass is 9.97. The Morgan fingerprint density at radius 2 is 2.18 bits per heavy atom. The summed E-state index contributed by atoms with van der Waals surface area (Å²) in [6, 6.07) is 0. The van der Waals surface area contributed by atoms with E-state index < -0.39 is 15.1 Å². The normalized spacial score (nSPS) is 25.9. The smallest absolute Gasteiger partial charge is 0.240 e. The highest BCUT2D eigenvalue weighted by Crippen LogP contribution is 2.16. The Morgan fingerprint density at radius 3 is 2.59 bits per heavy atom.